The van der Waals surface area contributed by atoms with Gasteiger partial charge < -0.3 is 10.2 Å². The minimum atomic E-state index is 0.849. The third kappa shape index (κ3) is 3.07. The van der Waals surface area contributed by atoms with Gasteiger partial charge in [0, 0.05) is 37.1 Å². The van der Waals surface area contributed by atoms with Crippen LogP contribution in [-0.2, 0) is 6.54 Å². The molecule has 0 aliphatic carbocycles. The Morgan fingerprint density at radius 2 is 2.22 bits per heavy atom. The van der Waals surface area contributed by atoms with Crippen LogP contribution >= 0.6 is 0 Å². The highest BCUT2D eigenvalue weighted by atomic mass is 15.2. The van der Waals surface area contributed by atoms with Crippen LogP contribution in [0.1, 0.15) is 31.5 Å². The zero-order chi connectivity index (χ0) is 13.0. The first kappa shape index (κ1) is 13.0. The van der Waals surface area contributed by atoms with Crippen molar-refractivity contribution in [1.29, 1.82) is 0 Å². The third-order valence-electron chi connectivity index (χ3n) is 3.35. The minimum absolute atomic E-state index is 0.849. The molecule has 0 amide bonds. The lowest BCUT2D eigenvalue weighted by Crippen LogP contribution is -2.30. The first-order valence-corrected chi connectivity index (χ1v) is 6.64. The lowest BCUT2D eigenvalue weighted by Gasteiger charge is -2.25. The molecule has 1 aliphatic rings. The summed E-state index contributed by atoms with van der Waals surface area (Å²) >= 11 is 0. The molecular formula is C14H22N4. The fraction of sp³-hybridized carbons (Fsp3) is 0.571. The van der Waals surface area contributed by atoms with Crippen LogP contribution in [0.2, 0.25) is 0 Å². The smallest absolute Gasteiger partial charge is 0.225 e. The normalized spacial score (nSPS) is 15.7. The second kappa shape index (κ2) is 5.96. The van der Waals surface area contributed by atoms with Gasteiger partial charge in [0.25, 0.3) is 0 Å². The molecule has 0 fully saturated rings. The lowest BCUT2D eigenvalue weighted by molar-refractivity contribution is 0.709. The summed E-state index contributed by atoms with van der Waals surface area (Å²) in [5.41, 5.74) is 3.73. The molecule has 2 heterocycles. The third-order valence-corrected chi connectivity index (χ3v) is 3.35. The van der Waals surface area contributed by atoms with E-state index in [1.54, 1.807) is 0 Å². The van der Waals surface area contributed by atoms with E-state index in [2.05, 4.69) is 47.0 Å². The van der Waals surface area contributed by atoms with Crippen LogP contribution in [0.5, 0.6) is 0 Å². The van der Waals surface area contributed by atoms with Gasteiger partial charge in [-0.1, -0.05) is 18.6 Å². The average Bonchev–Trinajstić information content (AvgIpc) is 2.38. The Labute approximate surface area is 109 Å². The number of aryl methyl sites for hydroxylation is 1. The molecule has 0 saturated heterocycles. The van der Waals surface area contributed by atoms with E-state index in [4.69, 9.17) is 0 Å². The summed E-state index contributed by atoms with van der Waals surface area (Å²) in [6.45, 7) is 10.1. The van der Waals surface area contributed by atoms with E-state index in [1.807, 2.05) is 6.20 Å². The van der Waals surface area contributed by atoms with Crippen molar-refractivity contribution in [2.45, 2.75) is 33.7 Å². The van der Waals surface area contributed by atoms with E-state index in [1.165, 1.54) is 11.1 Å². The first-order valence-electron chi connectivity index (χ1n) is 6.64. The summed E-state index contributed by atoms with van der Waals surface area (Å²) < 4.78 is 0. The molecule has 0 radical (unpaired) electrons. The Bertz CT molecular complexity index is 439. The molecule has 4 heteroatoms. The monoisotopic (exact) mass is 246 g/mol. The molecule has 1 aliphatic heterocycles. The maximum atomic E-state index is 4.62. The number of nitrogens with one attached hydrogen (secondary N) is 1. The first-order chi connectivity index (χ1) is 8.70. The summed E-state index contributed by atoms with van der Waals surface area (Å²) in [5, 5.41) is 3.31. The largest absolute Gasteiger partial charge is 0.337 e. The molecule has 0 unspecified atom stereocenters. The van der Waals surface area contributed by atoms with E-state index in [0.717, 1.165) is 44.2 Å². The average molecular weight is 246 g/mol. The van der Waals surface area contributed by atoms with Gasteiger partial charge in [0.15, 0.2) is 0 Å². The van der Waals surface area contributed by atoms with Crippen LogP contribution in [0.4, 0.5) is 5.95 Å². The summed E-state index contributed by atoms with van der Waals surface area (Å²) in [4.78, 5) is 11.3. The number of hydrogen-bond donors (Lipinski definition) is 1. The molecule has 0 saturated carbocycles. The highest BCUT2D eigenvalue weighted by Gasteiger charge is 2.13. The minimum Gasteiger partial charge on any atom is -0.337 e. The maximum absolute atomic E-state index is 4.62. The molecule has 1 aromatic heterocycles. The van der Waals surface area contributed by atoms with Gasteiger partial charge in [-0.3, -0.25) is 0 Å². The van der Waals surface area contributed by atoms with Crippen molar-refractivity contribution in [2.75, 3.05) is 24.5 Å². The van der Waals surface area contributed by atoms with E-state index in [-0.39, 0.29) is 0 Å². The molecule has 1 aromatic rings. The van der Waals surface area contributed by atoms with E-state index >= 15 is 0 Å². The van der Waals surface area contributed by atoms with Crippen molar-refractivity contribution in [3.63, 3.8) is 0 Å². The van der Waals surface area contributed by atoms with Gasteiger partial charge in [0.1, 0.15) is 0 Å². The van der Waals surface area contributed by atoms with Gasteiger partial charge in [-0.15, -0.1) is 0 Å². The Hall–Kier alpha value is -1.42. The van der Waals surface area contributed by atoms with Crippen molar-refractivity contribution < 1.29 is 0 Å². The van der Waals surface area contributed by atoms with Gasteiger partial charge in [0.2, 0.25) is 5.95 Å². The predicted octanol–water partition coefficient (Wildman–Crippen LogP) is 2.05. The van der Waals surface area contributed by atoms with Gasteiger partial charge in [-0.25, -0.2) is 9.97 Å². The zero-order valence-electron chi connectivity index (χ0n) is 11.5. The quantitative estimate of drug-likeness (QED) is 0.826. The molecule has 0 aromatic carbocycles. The molecule has 0 bridgehead atoms. The van der Waals surface area contributed by atoms with Crippen molar-refractivity contribution in [1.82, 2.24) is 15.3 Å². The Kier molecular flexibility index (Phi) is 4.31. The second-order valence-corrected chi connectivity index (χ2v) is 4.81. The zero-order valence-corrected chi connectivity index (χ0v) is 11.5. The Morgan fingerprint density at radius 1 is 1.39 bits per heavy atom. The molecule has 98 valence electrons. The summed E-state index contributed by atoms with van der Waals surface area (Å²) in [6.07, 6.45) is 5.32. The van der Waals surface area contributed by atoms with Crippen LogP contribution in [-0.4, -0.2) is 29.6 Å². The summed E-state index contributed by atoms with van der Waals surface area (Å²) in [5.74, 6) is 0.858. The standard InChI is InChI=1S/C14H22N4/c1-4-15-9-13-10-16-14(17-12(13)3)18-7-5-11(2)6-8-18/h5,10,15H,4,6-9H2,1-3H3. The van der Waals surface area contributed by atoms with Crippen molar-refractivity contribution in [3.05, 3.63) is 29.1 Å². The van der Waals surface area contributed by atoms with Gasteiger partial charge in [-0.2, -0.15) is 0 Å². The Morgan fingerprint density at radius 3 is 2.83 bits per heavy atom. The molecule has 1 N–H and O–H groups in total. The second-order valence-electron chi connectivity index (χ2n) is 4.81. The number of nitrogens with zero attached hydrogens (tertiary/aromatic N) is 3. The van der Waals surface area contributed by atoms with Crippen molar-refractivity contribution >= 4 is 5.95 Å². The molecule has 0 atom stereocenters. The van der Waals surface area contributed by atoms with E-state index < -0.39 is 0 Å². The van der Waals surface area contributed by atoms with E-state index in [0.29, 0.717) is 0 Å². The van der Waals surface area contributed by atoms with Gasteiger partial charge in [-0.05, 0) is 26.8 Å². The SMILES string of the molecule is CCNCc1cnc(N2CC=C(C)CC2)nc1C. The number of anilines is 1. The van der Waals surface area contributed by atoms with E-state index in [9.17, 15) is 0 Å². The lowest BCUT2D eigenvalue weighted by atomic mass is 10.1. The number of hydrogen-bond acceptors (Lipinski definition) is 4. The van der Waals surface area contributed by atoms with Crippen LogP contribution in [0, 0.1) is 6.92 Å². The number of aromatic nitrogens is 2. The highest BCUT2D eigenvalue weighted by Crippen LogP contribution is 2.16. The topological polar surface area (TPSA) is 41.1 Å². The van der Waals surface area contributed by atoms with Crippen LogP contribution in [0.15, 0.2) is 17.8 Å². The highest BCUT2D eigenvalue weighted by molar-refractivity contribution is 5.36. The molecule has 18 heavy (non-hydrogen) atoms. The van der Waals surface area contributed by atoms with Gasteiger partial charge in [0.05, 0.1) is 0 Å². The molecular weight excluding hydrogens is 224 g/mol. The molecule has 4 nitrogen and oxygen atoms in total. The predicted molar refractivity (Wildman–Crippen MR) is 74.7 cm³/mol. The number of rotatable bonds is 4. The van der Waals surface area contributed by atoms with Crippen LogP contribution in [0.25, 0.3) is 0 Å². The summed E-state index contributed by atoms with van der Waals surface area (Å²) in [6, 6.07) is 0. The van der Waals surface area contributed by atoms with Gasteiger partial charge >= 0.3 is 0 Å². The molecule has 0 spiro atoms. The Balaban J connectivity index is 2.09. The molecule has 2 rings (SSSR count). The van der Waals surface area contributed by atoms with Crippen LogP contribution in [0.3, 0.4) is 0 Å². The van der Waals surface area contributed by atoms with Crippen molar-refractivity contribution in [3.8, 4) is 0 Å². The summed E-state index contributed by atoms with van der Waals surface area (Å²) in [7, 11) is 0. The fourth-order valence-corrected chi connectivity index (χ4v) is 2.02. The maximum Gasteiger partial charge on any atom is 0.225 e. The van der Waals surface area contributed by atoms with Crippen molar-refractivity contribution in [2.24, 2.45) is 0 Å². The fourth-order valence-electron chi connectivity index (χ4n) is 2.02. The van der Waals surface area contributed by atoms with Crippen LogP contribution < -0.4 is 10.2 Å².